The van der Waals surface area contributed by atoms with Gasteiger partial charge in [0.05, 0.1) is 6.54 Å². The Bertz CT molecular complexity index is 614. The Balaban J connectivity index is 1.54. The zero-order chi connectivity index (χ0) is 14.1. The first-order chi connectivity index (χ1) is 9.69. The summed E-state index contributed by atoms with van der Waals surface area (Å²) < 4.78 is 0. The van der Waals surface area contributed by atoms with Crippen molar-refractivity contribution in [2.24, 2.45) is 5.92 Å². The highest BCUT2D eigenvalue weighted by atomic mass is 32.1. The van der Waals surface area contributed by atoms with Crippen LogP contribution in [0.15, 0.2) is 23.6 Å². The van der Waals surface area contributed by atoms with Crippen LogP contribution in [0.4, 0.5) is 0 Å². The zero-order valence-corrected chi connectivity index (χ0v) is 13.4. The van der Waals surface area contributed by atoms with Crippen molar-refractivity contribution < 1.29 is 4.79 Å². The van der Waals surface area contributed by atoms with Gasteiger partial charge in [0.2, 0.25) is 5.91 Å². The van der Waals surface area contributed by atoms with E-state index in [1.54, 1.807) is 11.3 Å². The lowest BCUT2D eigenvalue weighted by atomic mass is 10.2. The first kappa shape index (κ1) is 13.8. The van der Waals surface area contributed by atoms with E-state index in [0.717, 1.165) is 12.8 Å². The molecule has 0 aromatic carbocycles. The largest absolute Gasteiger partial charge is 0.351 e. The number of hydrogen-bond acceptors (Lipinski definition) is 3. The molecule has 2 aromatic heterocycles. The summed E-state index contributed by atoms with van der Waals surface area (Å²) in [5, 5.41) is 5.21. The summed E-state index contributed by atoms with van der Waals surface area (Å²) in [6.07, 6.45) is 2.05. The fraction of sp³-hybridized carbons (Fsp3) is 0.438. The molecule has 0 saturated heterocycles. The van der Waals surface area contributed by atoms with Crippen molar-refractivity contribution in [1.29, 1.82) is 0 Å². The van der Waals surface area contributed by atoms with E-state index in [1.165, 1.54) is 20.2 Å². The Kier molecular flexibility index (Phi) is 3.94. The average Bonchev–Trinajstić information content (AvgIpc) is 2.91. The molecule has 1 fully saturated rings. The van der Waals surface area contributed by atoms with Crippen LogP contribution in [-0.4, -0.2) is 5.91 Å². The van der Waals surface area contributed by atoms with Crippen molar-refractivity contribution in [2.75, 3.05) is 0 Å². The summed E-state index contributed by atoms with van der Waals surface area (Å²) in [5.41, 5.74) is 1.36. The maximum Gasteiger partial charge on any atom is 0.224 e. The third kappa shape index (κ3) is 2.81. The van der Waals surface area contributed by atoms with Crippen LogP contribution in [0.3, 0.4) is 0 Å². The molecule has 0 radical (unpaired) electrons. The van der Waals surface area contributed by atoms with E-state index in [4.69, 9.17) is 0 Å². The minimum atomic E-state index is 0.193. The molecule has 2 aromatic rings. The lowest BCUT2D eigenvalue weighted by Gasteiger charge is -2.05. The smallest absolute Gasteiger partial charge is 0.224 e. The molecule has 2 nitrogen and oxygen atoms in total. The SMILES string of the molecule is CCc1ccsc1CNC(=O)[C@@H]1C[C@@H]1c1ccc(C)s1. The lowest BCUT2D eigenvalue weighted by molar-refractivity contribution is -0.122. The van der Waals surface area contributed by atoms with Crippen molar-refractivity contribution in [1.82, 2.24) is 5.32 Å². The van der Waals surface area contributed by atoms with Crippen LogP contribution in [0.2, 0.25) is 0 Å². The Morgan fingerprint density at radius 1 is 1.40 bits per heavy atom. The van der Waals surface area contributed by atoms with E-state index < -0.39 is 0 Å². The highest BCUT2D eigenvalue weighted by Crippen LogP contribution is 2.49. The van der Waals surface area contributed by atoms with Crippen LogP contribution >= 0.6 is 22.7 Å². The molecule has 0 spiro atoms. The minimum Gasteiger partial charge on any atom is -0.351 e. The zero-order valence-electron chi connectivity index (χ0n) is 11.8. The van der Waals surface area contributed by atoms with E-state index in [1.807, 2.05) is 11.3 Å². The third-order valence-corrected chi connectivity index (χ3v) is 5.99. The number of nitrogens with one attached hydrogen (secondary N) is 1. The number of carbonyl (C=O) groups excluding carboxylic acids is 1. The summed E-state index contributed by atoms with van der Waals surface area (Å²) in [4.78, 5) is 16.2. The lowest BCUT2D eigenvalue weighted by Crippen LogP contribution is -2.24. The second-order valence-electron chi connectivity index (χ2n) is 5.34. The molecule has 1 amide bonds. The summed E-state index contributed by atoms with van der Waals surface area (Å²) in [6, 6.07) is 6.47. The van der Waals surface area contributed by atoms with Crippen LogP contribution < -0.4 is 5.32 Å². The van der Waals surface area contributed by atoms with Gasteiger partial charge in [-0.3, -0.25) is 4.79 Å². The number of hydrogen-bond donors (Lipinski definition) is 1. The van der Waals surface area contributed by atoms with Crippen molar-refractivity contribution in [3.05, 3.63) is 43.8 Å². The maximum absolute atomic E-state index is 12.2. The van der Waals surface area contributed by atoms with Gasteiger partial charge in [0.15, 0.2) is 0 Å². The van der Waals surface area contributed by atoms with Gasteiger partial charge in [0.25, 0.3) is 0 Å². The Hall–Kier alpha value is -1.13. The summed E-state index contributed by atoms with van der Waals surface area (Å²) in [5.74, 6) is 0.872. The molecule has 0 unspecified atom stereocenters. The Morgan fingerprint density at radius 2 is 2.25 bits per heavy atom. The molecule has 2 heterocycles. The molecule has 106 valence electrons. The van der Waals surface area contributed by atoms with Gasteiger partial charge in [-0.1, -0.05) is 6.92 Å². The molecular formula is C16H19NOS2. The van der Waals surface area contributed by atoms with E-state index in [2.05, 4.69) is 42.7 Å². The van der Waals surface area contributed by atoms with Gasteiger partial charge in [-0.15, -0.1) is 22.7 Å². The van der Waals surface area contributed by atoms with Crippen LogP contribution in [-0.2, 0) is 17.8 Å². The molecule has 1 N–H and O–H groups in total. The fourth-order valence-corrected chi connectivity index (χ4v) is 4.56. The number of thiophene rings is 2. The Labute approximate surface area is 127 Å². The number of rotatable bonds is 5. The van der Waals surface area contributed by atoms with E-state index in [9.17, 15) is 4.79 Å². The quantitative estimate of drug-likeness (QED) is 0.885. The molecule has 0 aliphatic heterocycles. The molecule has 20 heavy (non-hydrogen) atoms. The third-order valence-electron chi connectivity index (χ3n) is 3.90. The number of amides is 1. The van der Waals surface area contributed by atoms with Crippen LogP contribution in [0, 0.1) is 12.8 Å². The monoisotopic (exact) mass is 305 g/mol. The van der Waals surface area contributed by atoms with E-state index in [-0.39, 0.29) is 11.8 Å². The van der Waals surface area contributed by atoms with Crippen molar-refractivity contribution >= 4 is 28.6 Å². The van der Waals surface area contributed by atoms with Gasteiger partial charge in [-0.2, -0.15) is 0 Å². The molecular weight excluding hydrogens is 286 g/mol. The fourth-order valence-electron chi connectivity index (χ4n) is 2.59. The molecule has 0 bridgehead atoms. The summed E-state index contributed by atoms with van der Waals surface area (Å²) >= 11 is 3.56. The first-order valence-electron chi connectivity index (χ1n) is 7.08. The van der Waals surface area contributed by atoms with Crippen molar-refractivity contribution in [2.45, 2.75) is 39.2 Å². The molecule has 2 atom stereocenters. The van der Waals surface area contributed by atoms with Crippen LogP contribution in [0.25, 0.3) is 0 Å². The van der Waals surface area contributed by atoms with E-state index in [0.29, 0.717) is 12.5 Å². The molecule has 1 saturated carbocycles. The average molecular weight is 305 g/mol. The Morgan fingerprint density at radius 3 is 2.95 bits per heavy atom. The van der Waals surface area contributed by atoms with Gasteiger partial charge >= 0.3 is 0 Å². The van der Waals surface area contributed by atoms with Gasteiger partial charge in [-0.25, -0.2) is 0 Å². The summed E-state index contributed by atoms with van der Waals surface area (Å²) in [7, 11) is 0. The van der Waals surface area contributed by atoms with Gasteiger partial charge < -0.3 is 5.32 Å². The van der Waals surface area contributed by atoms with Gasteiger partial charge in [-0.05, 0) is 48.9 Å². The molecule has 3 rings (SSSR count). The van der Waals surface area contributed by atoms with Crippen molar-refractivity contribution in [3.63, 3.8) is 0 Å². The first-order valence-corrected chi connectivity index (χ1v) is 8.78. The van der Waals surface area contributed by atoms with Crippen LogP contribution in [0.5, 0.6) is 0 Å². The minimum absolute atomic E-state index is 0.193. The van der Waals surface area contributed by atoms with Gasteiger partial charge in [0, 0.05) is 26.5 Å². The molecule has 1 aliphatic rings. The van der Waals surface area contributed by atoms with Crippen molar-refractivity contribution in [3.8, 4) is 0 Å². The summed E-state index contributed by atoms with van der Waals surface area (Å²) in [6.45, 7) is 4.96. The predicted molar refractivity (Wildman–Crippen MR) is 85.4 cm³/mol. The maximum atomic E-state index is 12.2. The second-order valence-corrected chi connectivity index (χ2v) is 7.66. The second kappa shape index (κ2) is 5.70. The highest BCUT2D eigenvalue weighted by Gasteiger charge is 2.44. The normalized spacial score (nSPS) is 20.9. The van der Waals surface area contributed by atoms with Gasteiger partial charge in [0.1, 0.15) is 0 Å². The predicted octanol–water partition coefficient (Wildman–Crippen LogP) is 4.10. The topological polar surface area (TPSA) is 29.1 Å². The highest BCUT2D eigenvalue weighted by molar-refractivity contribution is 7.12. The number of aryl methyl sites for hydroxylation is 2. The molecule has 4 heteroatoms. The molecule has 1 aliphatic carbocycles. The standard InChI is InChI=1S/C16H19NOS2/c1-3-11-6-7-19-15(11)9-17-16(18)13-8-12(13)14-5-4-10(2)20-14/h4-7,12-13H,3,8-9H2,1-2H3,(H,17,18)/t12-,13+/m0/s1. The van der Waals surface area contributed by atoms with Crippen LogP contribution in [0.1, 0.15) is 39.5 Å². The number of carbonyl (C=O) groups is 1. The van der Waals surface area contributed by atoms with E-state index >= 15 is 0 Å².